The van der Waals surface area contributed by atoms with Gasteiger partial charge < -0.3 is 10.3 Å². The van der Waals surface area contributed by atoms with Crippen LogP contribution in [0.4, 0.5) is 0 Å². The number of hydrogen-bond acceptors (Lipinski definition) is 1. The average Bonchev–Trinajstić information content (AvgIpc) is 2.48. The number of unbranched alkanes of at least 4 members (excludes halogenated alkanes) is 13. The molecule has 0 heterocycles. The molecular weight excluding hydrogens is 258 g/mol. The minimum Gasteiger partial charge on any atom is -0.634 e. The molecule has 1 N–H and O–H groups in total. The zero-order valence-electron chi connectivity index (χ0n) is 14.9. The standard InChI is InChI=1S/C19H41NO/c1-3-5-6-7-8-9-10-11-12-13-14-15-16-17-19-20(21)18-4-2/h20H,3-19H2,1-2H3. The lowest BCUT2D eigenvalue weighted by Gasteiger charge is -2.21. The molecule has 0 amide bonds. The summed E-state index contributed by atoms with van der Waals surface area (Å²) in [6.07, 6.45) is 20.4. The molecule has 21 heavy (non-hydrogen) atoms. The molecule has 0 radical (unpaired) electrons. The van der Waals surface area contributed by atoms with Crippen LogP contribution in [0.2, 0.25) is 0 Å². The van der Waals surface area contributed by atoms with E-state index in [9.17, 15) is 5.21 Å². The van der Waals surface area contributed by atoms with Gasteiger partial charge in [-0.05, 0) is 19.3 Å². The molecule has 0 aliphatic rings. The van der Waals surface area contributed by atoms with Gasteiger partial charge in [-0.1, -0.05) is 90.9 Å². The van der Waals surface area contributed by atoms with Crippen molar-refractivity contribution < 1.29 is 5.06 Å². The van der Waals surface area contributed by atoms with E-state index in [2.05, 4.69) is 13.8 Å². The third kappa shape index (κ3) is 17.9. The van der Waals surface area contributed by atoms with Crippen molar-refractivity contribution in [3.63, 3.8) is 0 Å². The molecule has 0 bridgehead atoms. The quantitative estimate of drug-likeness (QED) is 0.288. The Labute approximate surface area is 134 Å². The summed E-state index contributed by atoms with van der Waals surface area (Å²) >= 11 is 0. The highest BCUT2D eigenvalue weighted by Crippen LogP contribution is 2.12. The van der Waals surface area contributed by atoms with Crippen LogP contribution in [0, 0.1) is 5.21 Å². The van der Waals surface area contributed by atoms with Gasteiger partial charge in [0.1, 0.15) is 0 Å². The highest BCUT2D eigenvalue weighted by molar-refractivity contribution is 4.49. The van der Waals surface area contributed by atoms with E-state index in [1.54, 1.807) is 0 Å². The Morgan fingerprint density at radius 3 is 1.24 bits per heavy atom. The lowest BCUT2D eigenvalue weighted by Crippen LogP contribution is -3.07. The molecule has 2 nitrogen and oxygen atoms in total. The third-order valence-electron chi connectivity index (χ3n) is 4.34. The molecule has 0 aliphatic heterocycles. The van der Waals surface area contributed by atoms with Crippen molar-refractivity contribution in [2.24, 2.45) is 0 Å². The summed E-state index contributed by atoms with van der Waals surface area (Å²) in [4.78, 5) is 0. The van der Waals surface area contributed by atoms with E-state index in [4.69, 9.17) is 0 Å². The van der Waals surface area contributed by atoms with Gasteiger partial charge in [-0.3, -0.25) is 0 Å². The molecule has 128 valence electrons. The van der Waals surface area contributed by atoms with Crippen LogP contribution in [0.15, 0.2) is 0 Å². The van der Waals surface area contributed by atoms with E-state index in [-0.39, 0.29) is 0 Å². The third-order valence-corrected chi connectivity index (χ3v) is 4.34. The van der Waals surface area contributed by atoms with Gasteiger partial charge in [0.15, 0.2) is 0 Å². The maximum atomic E-state index is 11.4. The van der Waals surface area contributed by atoms with E-state index in [1.807, 2.05) is 0 Å². The van der Waals surface area contributed by atoms with Gasteiger partial charge in [-0.15, -0.1) is 0 Å². The fourth-order valence-electron chi connectivity index (χ4n) is 2.92. The van der Waals surface area contributed by atoms with E-state index < -0.39 is 0 Å². The van der Waals surface area contributed by atoms with Crippen molar-refractivity contribution in [1.29, 1.82) is 0 Å². The van der Waals surface area contributed by atoms with Gasteiger partial charge in [-0.25, -0.2) is 0 Å². The predicted octanol–water partition coefficient (Wildman–Crippen LogP) is 5.26. The second-order valence-corrected chi connectivity index (χ2v) is 6.63. The van der Waals surface area contributed by atoms with Gasteiger partial charge in [0.05, 0.1) is 13.1 Å². The topological polar surface area (TPSA) is 27.5 Å². The molecule has 0 aliphatic carbocycles. The molecule has 0 saturated heterocycles. The minimum atomic E-state index is 0.469. The van der Waals surface area contributed by atoms with Gasteiger partial charge in [0.25, 0.3) is 0 Å². The number of rotatable bonds is 17. The van der Waals surface area contributed by atoms with Gasteiger partial charge in [0, 0.05) is 0 Å². The van der Waals surface area contributed by atoms with Crippen LogP contribution in [-0.2, 0) is 0 Å². The van der Waals surface area contributed by atoms with Gasteiger partial charge in [-0.2, -0.15) is 0 Å². The summed E-state index contributed by atoms with van der Waals surface area (Å²) in [5, 5.41) is 11.8. The maximum absolute atomic E-state index is 11.4. The fraction of sp³-hybridized carbons (Fsp3) is 1.00. The summed E-state index contributed by atoms with van der Waals surface area (Å²) < 4.78 is 0. The first kappa shape index (κ1) is 20.9. The molecule has 0 rings (SSSR count). The Morgan fingerprint density at radius 1 is 0.476 bits per heavy atom. The Bertz CT molecular complexity index is 184. The second-order valence-electron chi connectivity index (χ2n) is 6.63. The normalized spacial score (nSPS) is 12.7. The first-order chi connectivity index (χ1) is 10.3. The monoisotopic (exact) mass is 299 g/mol. The second kappa shape index (κ2) is 18.0. The Balaban J connectivity index is 2.99. The smallest absolute Gasteiger partial charge is 0.0768 e. The van der Waals surface area contributed by atoms with Crippen LogP contribution in [0.3, 0.4) is 0 Å². The number of nitrogens with one attached hydrogen (secondary N) is 1. The summed E-state index contributed by atoms with van der Waals surface area (Å²) in [6, 6.07) is 0. The van der Waals surface area contributed by atoms with Gasteiger partial charge >= 0.3 is 0 Å². The van der Waals surface area contributed by atoms with Crippen LogP contribution in [0.25, 0.3) is 0 Å². The minimum absolute atomic E-state index is 0.469. The molecule has 2 heteroatoms. The van der Waals surface area contributed by atoms with E-state index in [1.165, 1.54) is 83.5 Å². The van der Waals surface area contributed by atoms with Crippen molar-refractivity contribution in [3.05, 3.63) is 5.21 Å². The highest BCUT2D eigenvalue weighted by Gasteiger charge is 1.97. The van der Waals surface area contributed by atoms with Crippen molar-refractivity contribution in [3.8, 4) is 0 Å². The first-order valence-corrected chi connectivity index (χ1v) is 9.83. The summed E-state index contributed by atoms with van der Waals surface area (Å²) in [5.74, 6) is 0. The lowest BCUT2D eigenvalue weighted by molar-refractivity contribution is -0.848. The molecule has 0 aromatic rings. The number of hydrogen-bond donors (Lipinski definition) is 1. The Hall–Kier alpha value is -0.0800. The van der Waals surface area contributed by atoms with Crippen LogP contribution < -0.4 is 5.06 Å². The zero-order chi connectivity index (χ0) is 15.6. The fourth-order valence-corrected chi connectivity index (χ4v) is 2.92. The summed E-state index contributed by atoms with van der Waals surface area (Å²) in [6.45, 7) is 5.98. The Morgan fingerprint density at radius 2 is 0.857 bits per heavy atom. The lowest BCUT2D eigenvalue weighted by atomic mass is 10.0. The largest absolute Gasteiger partial charge is 0.634 e. The summed E-state index contributed by atoms with van der Waals surface area (Å²) in [7, 11) is 0. The van der Waals surface area contributed by atoms with Crippen molar-refractivity contribution in [1.82, 2.24) is 0 Å². The van der Waals surface area contributed by atoms with Crippen LogP contribution in [-0.4, -0.2) is 13.1 Å². The molecule has 0 fully saturated rings. The van der Waals surface area contributed by atoms with E-state index >= 15 is 0 Å². The first-order valence-electron chi connectivity index (χ1n) is 9.83. The Kier molecular flexibility index (Phi) is 17.9. The van der Waals surface area contributed by atoms with E-state index in [0.717, 1.165) is 25.9 Å². The summed E-state index contributed by atoms with van der Waals surface area (Å²) in [5.41, 5.74) is 0. The zero-order valence-corrected chi connectivity index (χ0v) is 14.9. The average molecular weight is 300 g/mol. The van der Waals surface area contributed by atoms with Crippen LogP contribution >= 0.6 is 0 Å². The predicted molar refractivity (Wildman–Crippen MR) is 94.7 cm³/mol. The number of hydroxylamine groups is 2. The van der Waals surface area contributed by atoms with Crippen molar-refractivity contribution in [2.75, 3.05) is 13.1 Å². The van der Waals surface area contributed by atoms with Crippen molar-refractivity contribution in [2.45, 2.75) is 110 Å². The van der Waals surface area contributed by atoms with Crippen LogP contribution in [0.1, 0.15) is 110 Å². The highest BCUT2D eigenvalue weighted by atomic mass is 16.5. The molecule has 0 spiro atoms. The molecule has 0 saturated carbocycles. The van der Waals surface area contributed by atoms with Gasteiger partial charge in [0.2, 0.25) is 0 Å². The molecule has 1 unspecified atom stereocenters. The molecule has 1 atom stereocenters. The molecule has 0 aromatic heterocycles. The molecular formula is C19H41NO. The molecule has 0 aromatic carbocycles. The maximum Gasteiger partial charge on any atom is 0.0768 e. The SMILES string of the molecule is CCCCCCCCCCCCCCCC[NH+]([O-])CCC. The van der Waals surface area contributed by atoms with E-state index in [0.29, 0.717) is 5.06 Å². The van der Waals surface area contributed by atoms with Crippen molar-refractivity contribution >= 4 is 0 Å². The number of quaternary nitrogens is 1. The van der Waals surface area contributed by atoms with Crippen LogP contribution in [0.5, 0.6) is 0 Å².